The third-order valence-corrected chi connectivity index (χ3v) is 5.33. The zero-order valence-corrected chi connectivity index (χ0v) is 17.8. The predicted molar refractivity (Wildman–Crippen MR) is 117 cm³/mol. The Morgan fingerprint density at radius 3 is 2.67 bits per heavy atom. The van der Waals surface area contributed by atoms with E-state index in [1.807, 2.05) is 29.7 Å². The third-order valence-electron chi connectivity index (χ3n) is 4.36. The topological polar surface area (TPSA) is 86.1 Å². The number of aromatic nitrogens is 3. The number of benzene rings is 2. The Morgan fingerprint density at radius 2 is 1.90 bits per heavy atom. The predicted octanol–water partition coefficient (Wildman–Crippen LogP) is 3.74. The van der Waals surface area contributed by atoms with Gasteiger partial charge in [-0.15, -0.1) is 10.2 Å². The second-order valence-corrected chi connectivity index (χ2v) is 7.50. The number of anilines is 1. The maximum Gasteiger partial charge on any atom is 0.338 e. The standard InChI is InChI=1S/C22H24N4O3S/c1-3-29-21(28)18-10-7-11-19(14-18)23-20(27)15-30-22-25-24-16(2)26(22)13-12-17-8-5-4-6-9-17/h4-11,14H,3,12-13,15H2,1-2H3,(H,23,27). The average molecular weight is 425 g/mol. The summed E-state index contributed by atoms with van der Waals surface area (Å²) >= 11 is 1.33. The number of rotatable bonds is 9. The highest BCUT2D eigenvalue weighted by molar-refractivity contribution is 7.99. The second kappa shape index (κ2) is 10.6. The summed E-state index contributed by atoms with van der Waals surface area (Å²) in [5.74, 6) is 0.407. The van der Waals surface area contributed by atoms with Gasteiger partial charge >= 0.3 is 5.97 Å². The van der Waals surface area contributed by atoms with Gasteiger partial charge in [-0.25, -0.2) is 4.79 Å². The molecule has 1 N–H and O–H groups in total. The summed E-state index contributed by atoms with van der Waals surface area (Å²) in [6.07, 6.45) is 0.861. The molecule has 0 radical (unpaired) electrons. The van der Waals surface area contributed by atoms with Gasteiger partial charge in [0.25, 0.3) is 0 Å². The van der Waals surface area contributed by atoms with Crippen LogP contribution in [0.3, 0.4) is 0 Å². The van der Waals surface area contributed by atoms with Gasteiger partial charge in [0.05, 0.1) is 17.9 Å². The van der Waals surface area contributed by atoms with E-state index in [1.165, 1.54) is 17.3 Å². The minimum absolute atomic E-state index is 0.184. The summed E-state index contributed by atoms with van der Waals surface area (Å²) in [6.45, 7) is 4.70. The van der Waals surface area contributed by atoms with E-state index in [9.17, 15) is 9.59 Å². The Morgan fingerprint density at radius 1 is 1.10 bits per heavy atom. The summed E-state index contributed by atoms with van der Waals surface area (Å²) in [5.41, 5.74) is 2.19. The Balaban J connectivity index is 1.56. The van der Waals surface area contributed by atoms with Crippen LogP contribution in [0.25, 0.3) is 0 Å². The maximum absolute atomic E-state index is 12.4. The van der Waals surface area contributed by atoms with E-state index in [4.69, 9.17) is 4.74 Å². The number of aryl methyl sites for hydroxylation is 2. The van der Waals surface area contributed by atoms with E-state index in [-0.39, 0.29) is 11.7 Å². The SMILES string of the molecule is CCOC(=O)c1cccc(NC(=O)CSc2nnc(C)n2CCc2ccccc2)c1. The second-order valence-electron chi connectivity index (χ2n) is 6.56. The molecule has 2 aromatic carbocycles. The number of esters is 1. The quantitative estimate of drug-likeness (QED) is 0.416. The normalized spacial score (nSPS) is 10.6. The van der Waals surface area contributed by atoms with E-state index in [1.54, 1.807) is 31.2 Å². The number of amides is 1. The summed E-state index contributed by atoms with van der Waals surface area (Å²) < 4.78 is 7.01. The molecular formula is C22H24N4O3S. The fraction of sp³-hybridized carbons (Fsp3) is 0.273. The average Bonchev–Trinajstić information content (AvgIpc) is 3.11. The van der Waals surface area contributed by atoms with E-state index >= 15 is 0 Å². The lowest BCUT2D eigenvalue weighted by atomic mass is 10.1. The molecule has 0 aliphatic heterocycles. The zero-order chi connectivity index (χ0) is 21.3. The molecule has 0 saturated carbocycles. The van der Waals surface area contributed by atoms with Crippen molar-refractivity contribution in [1.29, 1.82) is 0 Å². The number of hydrogen-bond donors (Lipinski definition) is 1. The summed E-state index contributed by atoms with van der Waals surface area (Å²) in [7, 11) is 0. The van der Waals surface area contributed by atoms with Gasteiger partial charge in [0.1, 0.15) is 5.82 Å². The summed E-state index contributed by atoms with van der Waals surface area (Å²) in [6, 6.07) is 16.9. The molecule has 0 aliphatic rings. The lowest BCUT2D eigenvalue weighted by Gasteiger charge is -2.09. The molecular weight excluding hydrogens is 400 g/mol. The molecule has 0 spiro atoms. The molecule has 0 aliphatic carbocycles. The van der Waals surface area contributed by atoms with E-state index < -0.39 is 5.97 Å². The molecule has 7 nitrogen and oxygen atoms in total. The number of nitrogens with one attached hydrogen (secondary N) is 1. The molecule has 0 fully saturated rings. The zero-order valence-electron chi connectivity index (χ0n) is 17.0. The van der Waals surface area contributed by atoms with Crippen molar-refractivity contribution in [2.75, 3.05) is 17.7 Å². The van der Waals surface area contributed by atoms with Crippen LogP contribution >= 0.6 is 11.8 Å². The minimum Gasteiger partial charge on any atom is -0.462 e. The molecule has 0 unspecified atom stereocenters. The highest BCUT2D eigenvalue weighted by Crippen LogP contribution is 2.19. The number of ether oxygens (including phenoxy) is 1. The van der Waals surface area contributed by atoms with Crippen LogP contribution in [0.1, 0.15) is 28.7 Å². The number of nitrogens with zero attached hydrogens (tertiary/aromatic N) is 3. The number of hydrogen-bond acceptors (Lipinski definition) is 6. The van der Waals surface area contributed by atoms with Crippen LogP contribution < -0.4 is 5.32 Å². The van der Waals surface area contributed by atoms with Gasteiger partial charge in [-0.1, -0.05) is 48.2 Å². The lowest BCUT2D eigenvalue weighted by Crippen LogP contribution is -2.15. The van der Waals surface area contributed by atoms with E-state index in [2.05, 4.69) is 27.6 Å². The molecule has 1 amide bonds. The molecule has 0 bridgehead atoms. The summed E-state index contributed by atoms with van der Waals surface area (Å²) in [5, 5.41) is 11.9. The van der Waals surface area contributed by atoms with E-state index in [0.717, 1.165) is 18.8 Å². The van der Waals surface area contributed by atoms with Crippen molar-refractivity contribution < 1.29 is 14.3 Å². The van der Waals surface area contributed by atoms with Crippen molar-refractivity contribution in [1.82, 2.24) is 14.8 Å². The molecule has 3 aromatic rings. The number of carbonyl (C=O) groups excluding carboxylic acids is 2. The molecule has 3 rings (SSSR count). The first-order valence-corrected chi connectivity index (χ1v) is 10.7. The molecule has 8 heteroatoms. The van der Waals surface area contributed by atoms with Crippen LogP contribution in [0.15, 0.2) is 59.8 Å². The van der Waals surface area contributed by atoms with Gasteiger partial charge in [0.15, 0.2) is 5.16 Å². The van der Waals surface area contributed by atoms with Crippen molar-refractivity contribution in [3.05, 3.63) is 71.5 Å². The Kier molecular flexibility index (Phi) is 7.62. The van der Waals surface area contributed by atoms with Gasteiger partial charge in [-0.05, 0) is 44.0 Å². The molecule has 1 heterocycles. The maximum atomic E-state index is 12.4. The van der Waals surface area contributed by atoms with E-state index in [0.29, 0.717) is 23.0 Å². The van der Waals surface area contributed by atoms with Crippen molar-refractivity contribution in [3.63, 3.8) is 0 Å². The van der Waals surface area contributed by atoms with Gasteiger partial charge in [-0.3, -0.25) is 4.79 Å². The van der Waals surface area contributed by atoms with Crippen molar-refractivity contribution in [2.24, 2.45) is 0 Å². The molecule has 0 atom stereocenters. The van der Waals surface area contributed by atoms with Crippen LogP contribution in [-0.4, -0.2) is 39.0 Å². The van der Waals surface area contributed by atoms with Crippen LogP contribution in [-0.2, 0) is 22.5 Å². The third kappa shape index (κ3) is 5.93. The van der Waals surface area contributed by atoms with Gasteiger partial charge in [0, 0.05) is 12.2 Å². The molecule has 1 aromatic heterocycles. The van der Waals surface area contributed by atoms with Crippen molar-refractivity contribution in [3.8, 4) is 0 Å². The first kappa shape index (κ1) is 21.6. The lowest BCUT2D eigenvalue weighted by molar-refractivity contribution is -0.113. The highest BCUT2D eigenvalue weighted by Gasteiger charge is 2.13. The Labute approximate surface area is 179 Å². The minimum atomic E-state index is -0.412. The smallest absolute Gasteiger partial charge is 0.338 e. The van der Waals surface area contributed by atoms with Crippen LogP contribution in [0.5, 0.6) is 0 Å². The monoisotopic (exact) mass is 424 g/mol. The van der Waals surface area contributed by atoms with Crippen molar-refractivity contribution >= 4 is 29.3 Å². The fourth-order valence-corrected chi connectivity index (χ4v) is 3.69. The number of thioether (sulfide) groups is 1. The fourth-order valence-electron chi connectivity index (χ4n) is 2.88. The number of carbonyl (C=O) groups is 2. The van der Waals surface area contributed by atoms with Crippen LogP contribution in [0.4, 0.5) is 5.69 Å². The van der Waals surface area contributed by atoms with Gasteiger partial charge in [-0.2, -0.15) is 0 Å². The van der Waals surface area contributed by atoms with Crippen LogP contribution in [0.2, 0.25) is 0 Å². The van der Waals surface area contributed by atoms with Crippen molar-refractivity contribution in [2.45, 2.75) is 32.0 Å². The Bertz CT molecular complexity index is 1000. The van der Waals surface area contributed by atoms with Gasteiger partial charge in [0.2, 0.25) is 5.91 Å². The molecule has 156 valence electrons. The molecule has 30 heavy (non-hydrogen) atoms. The largest absolute Gasteiger partial charge is 0.462 e. The summed E-state index contributed by atoms with van der Waals surface area (Å²) in [4.78, 5) is 24.2. The van der Waals surface area contributed by atoms with Crippen LogP contribution in [0, 0.1) is 6.92 Å². The highest BCUT2D eigenvalue weighted by atomic mass is 32.2. The Hall–Kier alpha value is -3.13. The van der Waals surface area contributed by atoms with Gasteiger partial charge < -0.3 is 14.6 Å². The first-order valence-electron chi connectivity index (χ1n) is 9.70. The first-order chi connectivity index (χ1) is 14.6. The molecule has 0 saturated heterocycles.